The molecule has 1 N–H and O–H groups in total. The van der Waals surface area contributed by atoms with Gasteiger partial charge in [-0.15, -0.1) is 6.58 Å². The smallest absolute Gasteiger partial charge is 0.250 e. The van der Waals surface area contributed by atoms with E-state index in [0.717, 1.165) is 53.8 Å². The molecule has 0 radical (unpaired) electrons. The highest BCUT2D eigenvalue weighted by atomic mass is 16.5. The molecule has 0 fully saturated rings. The summed E-state index contributed by atoms with van der Waals surface area (Å²) in [5.41, 5.74) is 6.71. The normalized spacial score (nSPS) is 18.8. The Morgan fingerprint density at radius 2 is 2.00 bits per heavy atom. The van der Waals surface area contributed by atoms with E-state index in [4.69, 9.17) is 4.74 Å². The molecule has 2 heterocycles. The van der Waals surface area contributed by atoms with Crippen molar-refractivity contribution in [3.05, 3.63) is 77.9 Å². The Bertz CT molecular complexity index is 1170. The van der Waals surface area contributed by atoms with Gasteiger partial charge >= 0.3 is 0 Å². The second-order valence-corrected chi connectivity index (χ2v) is 8.05. The quantitative estimate of drug-likeness (QED) is 0.554. The van der Waals surface area contributed by atoms with E-state index in [1.165, 1.54) is 16.5 Å². The minimum absolute atomic E-state index is 0.0526. The Balaban J connectivity index is 1.77. The summed E-state index contributed by atoms with van der Waals surface area (Å²) in [6.07, 6.45) is 5.94. The van der Waals surface area contributed by atoms with Crippen molar-refractivity contribution < 1.29 is 9.53 Å². The van der Waals surface area contributed by atoms with Gasteiger partial charge in [-0.2, -0.15) is 0 Å². The van der Waals surface area contributed by atoms with Crippen LogP contribution in [0.3, 0.4) is 0 Å². The number of nitrogens with zero attached hydrogens (tertiary/aromatic N) is 1. The molecule has 4 nitrogen and oxygen atoms in total. The van der Waals surface area contributed by atoms with E-state index in [2.05, 4.69) is 41.9 Å². The fourth-order valence-corrected chi connectivity index (χ4v) is 5.06. The molecule has 0 bridgehead atoms. The molecule has 0 spiro atoms. The number of carbonyl (C=O) groups is 1. The van der Waals surface area contributed by atoms with Crippen molar-refractivity contribution in [2.75, 3.05) is 13.7 Å². The second-order valence-electron chi connectivity index (χ2n) is 8.05. The molecule has 5 rings (SSSR count). The van der Waals surface area contributed by atoms with Crippen LogP contribution in [0.2, 0.25) is 0 Å². The number of benzene rings is 2. The van der Waals surface area contributed by atoms with Crippen LogP contribution >= 0.6 is 0 Å². The van der Waals surface area contributed by atoms with Crippen molar-refractivity contribution in [1.82, 2.24) is 9.88 Å². The predicted molar refractivity (Wildman–Crippen MR) is 120 cm³/mol. The standard InChI is InChI=1S/C26H26N2O2/c1-3-15-28-25(19-11-4-5-12-20(19)26(28)29)23-21-13-6-7-14-22(21)27-24(23)17-9-8-10-18(16-17)30-2/h3,6-10,13-14,16,25,27H,1,4-5,11-12,15H2,2H3/t25-/m0/s1. The molecule has 3 aromatic rings. The van der Waals surface area contributed by atoms with Gasteiger partial charge in [0.2, 0.25) is 0 Å². The average Bonchev–Trinajstić information content (AvgIpc) is 3.30. The van der Waals surface area contributed by atoms with Gasteiger partial charge in [0.05, 0.1) is 18.8 Å². The number of amides is 1. The summed E-state index contributed by atoms with van der Waals surface area (Å²) in [5.74, 6) is 0.997. The SMILES string of the molecule is C=CCN1C(=O)C2=C(CCCC2)[C@H]1c1c(-c2cccc(OC)c2)[nH]c2ccccc12. The maximum absolute atomic E-state index is 13.3. The topological polar surface area (TPSA) is 45.3 Å². The molecule has 1 aliphatic carbocycles. The molecule has 30 heavy (non-hydrogen) atoms. The number of methoxy groups -OCH3 is 1. The van der Waals surface area contributed by atoms with Crippen LogP contribution in [0.5, 0.6) is 5.75 Å². The molecule has 0 saturated carbocycles. The Kier molecular flexibility index (Phi) is 4.70. The van der Waals surface area contributed by atoms with Crippen LogP contribution in [0.4, 0.5) is 0 Å². The number of ether oxygens (including phenoxy) is 1. The molecule has 4 heteroatoms. The first-order valence-electron chi connectivity index (χ1n) is 10.6. The Morgan fingerprint density at radius 3 is 2.83 bits per heavy atom. The van der Waals surface area contributed by atoms with Gasteiger partial charge in [0.25, 0.3) is 5.91 Å². The minimum Gasteiger partial charge on any atom is -0.497 e. The van der Waals surface area contributed by atoms with Crippen molar-refractivity contribution in [3.63, 3.8) is 0 Å². The van der Waals surface area contributed by atoms with Gasteiger partial charge in [0, 0.05) is 34.1 Å². The van der Waals surface area contributed by atoms with Crippen LogP contribution in [0, 0.1) is 0 Å². The predicted octanol–water partition coefficient (Wildman–Crippen LogP) is 5.78. The molecule has 1 aliphatic heterocycles. The molecule has 0 saturated heterocycles. The molecule has 1 atom stereocenters. The van der Waals surface area contributed by atoms with Crippen LogP contribution in [0.25, 0.3) is 22.2 Å². The molecular formula is C26H26N2O2. The fraction of sp³-hybridized carbons (Fsp3) is 0.269. The highest BCUT2D eigenvalue weighted by Crippen LogP contribution is 2.49. The molecule has 2 aliphatic rings. The van der Waals surface area contributed by atoms with Crippen molar-refractivity contribution in [2.24, 2.45) is 0 Å². The number of carbonyl (C=O) groups excluding carboxylic acids is 1. The second kappa shape index (κ2) is 7.52. The van der Waals surface area contributed by atoms with Gasteiger partial charge in [0.1, 0.15) is 5.75 Å². The summed E-state index contributed by atoms with van der Waals surface area (Å²) in [5, 5.41) is 1.17. The Hall–Kier alpha value is -3.27. The van der Waals surface area contributed by atoms with Crippen molar-refractivity contribution in [2.45, 2.75) is 31.7 Å². The first kappa shape index (κ1) is 18.7. The first-order valence-corrected chi connectivity index (χ1v) is 10.6. The summed E-state index contributed by atoms with van der Waals surface area (Å²) < 4.78 is 5.48. The van der Waals surface area contributed by atoms with E-state index in [0.29, 0.717) is 6.54 Å². The lowest BCUT2D eigenvalue weighted by molar-refractivity contribution is -0.126. The van der Waals surface area contributed by atoms with E-state index in [-0.39, 0.29) is 11.9 Å². The number of hydrogen-bond acceptors (Lipinski definition) is 2. The van der Waals surface area contributed by atoms with Gasteiger partial charge in [-0.1, -0.05) is 36.4 Å². The fourth-order valence-electron chi connectivity index (χ4n) is 5.06. The lowest BCUT2D eigenvalue weighted by Crippen LogP contribution is -2.30. The van der Waals surface area contributed by atoms with Crippen molar-refractivity contribution in [1.29, 1.82) is 0 Å². The Morgan fingerprint density at radius 1 is 1.17 bits per heavy atom. The lowest BCUT2D eigenvalue weighted by atomic mass is 9.86. The van der Waals surface area contributed by atoms with E-state index >= 15 is 0 Å². The van der Waals surface area contributed by atoms with Gasteiger partial charge in [-0.25, -0.2) is 0 Å². The highest BCUT2D eigenvalue weighted by molar-refractivity contribution is 6.01. The Labute approximate surface area is 176 Å². The average molecular weight is 399 g/mol. The lowest BCUT2D eigenvalue weighted by Gasteiger charge is -2.28. The van der Waals surface area contributed by atoms with Crippen LogP contribution in [0.1, 0.15) is 37.3 Å². The van der Waals surface area contributed by atoms with Crippen molar-refractivity contribution >= 4 is 16.8 Å². The number of H-pyrrole nitrogens is 1. The van der Waals surface area contributed by atoms with Crippen LogP contribution in [0.15, 0.2) is 72.3 Å². The summed E-state index contributed by atoms with van der Waals surface area (Å²) in [7, 11) is 1.69. The zero-order chi connectivity index (χ0) is 20.7. The molecular weight excluding hydrogens is 372 g/mol. The summed E-state index contributed by atoms with van der Waals surface area (Å²) in [4.78, 5) is 19.0. The maximum atomic E-state index is 13.3. The molecule has 1 amide bonds. The number of fused-ring (bicyclic) bond motifs is 1. The van der Waals surface area contributed by atoms with Crippen LogP contribution in [-0.2, 0) is 4.79 Å². The van der Waals surface area contributed by atoms with Crippen LogP contribution < -0.4 is 4.74 Å². The molecule has 152 valence electrons. The third kappa shape index (κ3) is 2.86. The number of rotatable bonds is 5. The summed E-state index contributed by atoms with van der Waals surface area (Å²) >= 11 is 0. The van der Waals surface area contributed by atoms with Gasteiger partial charge < -0.3 is 14.6 Å². The molecule has 2 aromatic carbocycles. The number of aromatic nitrogens is 1. The highest BCUT2D eigenvalue weighted by Gasteiger charge is 2.42. The third-order valence-corrected chi connectivity index (χ3v) is 6.38. The van der Waals surface area contributed by atoms with Gasteiger partial charge in [-0.3, -0.25) is 4.79 Å². The van der Waals surface area contributed by atoms with Gasteiger partial charge in [-0.05, 0) is 49.5 Å². The number of hydrogen-bond donors (Lipinski definition) is 1. The summed E-state index contributed by atoms with van der Waals surface area (Å²) in [6.45, 7) is 4.47. The van der Waals surface area contributed by atoms with E-state index in [1.54, 1.807) is 7.11 Å². The van der Waals surface area contributed by atoms with E-state index in [9.17, 15) is 4.79 Å². The van der Waals surface area contributed by atoms with Gasteiger partial charge in [0.15, 0.2) is 0 Å². The molecule has 1 aromatic heterocycles. The summed E-state index contributed by atoms with van der Waals surface area (Å²) in [6, 6.07) is 16.4. The van der Waals surface area contributed by atoms with E-state index < -0.39 is 0 Å². The van der Waals surface area contributed by atoms with E-state index in [1.807, 2.05) is 29.2 Å². The zero-order valence-corrected chi connectivity index (χ0v) is 17.3. The monoisotopic (exact) mass is 398 g/mol. The van der Waals surface area contributed by atoms with Crippen molar-refractivity contribution in [3.8, 4) is 17.0 Å². The molecule has 0 unspecified atom stereocenters. The largest absolute Gasteiger partial charge is 0.497 e. The first-order chi connectivity index (χ1) is 14.7. The number of aromatic amines is 1. The number of para-hydroxylation sites is 1. The maximum Gasteiger partial charge on any atom is 0.250 e. The minimum atomic E-state index is -0.0526. The third-order valence-electron chi connectivity index (χ3n) is 6.38. The zero-order valence-electron chi connectivity index (χ0n) is 17.3. The van der Waals surface area contributed by atoms with Crippen LogP contribution in [-0.4, -0.2) is 29.4 Å². The number of nitrogens with one attached hydrogen (secondary N) is 1.